The van der Waals surface area contributed by atoms with Crippen LogP contribution in [0.2, 0.25) is 0 Å². The zero-order valence-corrected chi connectivity index (χ0v) is 17.2. The predicted molar refractivity (Wildman–Crippen MR) is 111 cm³/mol. The highest BCUT2D eigenvalue weighted by Crippen LogP contribution is 2.28. The quantitative estimate of drug-likeness (QED) is 0.494. The van der Waals surface area contributed by atoms with E-state index in [-0.39, 0.29) is 13.2 Å². The van der Waals surface area contributed by atoms with Gasteiger partial charge in [0.15, 0.2) is 6.61 Å². The normalized spacial score (nSPS) is 17.8. The third-order valence-corrected chi connectivity index (χ3v) is 4.71. The summed E-state index contributed by atoms with van der Waals surface area (Å²) in [5.74, 6) is -1.21. The van der Waals surface area contributed by atoms with Crippen molar-refractivity contribution in [1.29, 1.82) is 0 Å². The fourth-order valence-corrected chi connectivity index (χ4v) is 3.16. The second kappa shape index (κ2) is 9.29. The van der Waals surface area contributed by atoms with Gasteiger partial charge < -0.3 is 20.1 Å². The third kappa shape index (κ3) is 5.00. The molecule has 0 saturated carbocycles. The molecule has 0 spiro atoms. The Morgan fingerprint density at radius 2 is 1.84 bits per heavy atom. The van der Waals surface area contributed by atoms with Gasteiger partial charge in [-0.25, -0.2) is 9.59 Å². The van der Waals surface area contributed by atoms with Crippen molar-refractivity contribution < 1.29 is 28.7 Å². The van der Waals surface area contributed by atoms with Gasteiger partial charge in [-0.05, 0) is 31.5 Å². The molecule has 0 radical (unpaired) electrons. The molecule has 0 aliphatic carbocycles. The second-order valence-corrected chi connectivity index (χ2v) is 6.98. The highest BCUT2D eigenvalue weighted by atomic mass is 16.6. The number of carbonyl (C=O) groups excluding carboxylic acids is 4. The van der Waals surface area contributed by atoms with E-state index in [1.165, 1.54) is 6.07 Å². The number of benzene rings is 2. The van der Waals surface area contributed by atoms with E-state index < -0.39 is 35.9 Å². The first kappa shape index (κ1) is 21.8. The predicted octanol–water partition coefficient (Wildman–Crippen LogP) is 2.03. The zero-order chi connectivity index (χ0) is 22.4. The van der Waals surface area contributed by atoms with Crippen LogP contribution in [0.4, 0.5) is 10.5 Å². The molecule has 2 N–H and O–H groups in total. The van der Waals surface area contributed by atoms with E-state index in [1.807, 2.05) is 6.07 Å². The molecule has 2 aromatic rings. The van der Waals surface area contributed by atoms with E-state index in [4.69, 9.17) is 9.47 Å². The van der Waals surface area contributed by atoms with Crippen LogP contribution in [0.5, 0.6) is 5.75 Å². The number of nitrogens with one attached hydrogen (secondary N) is 2. The lowest BCUT2D eigenvalue weighted by Gasteiger charge is -2.22. The number of nitrogens with zero attached hydrogens (tertiary/aromatic N) is 1. The molecular formula is C22H23N3O6. The van der Waals surface area contributed by atoms with Crippen molar-refractivity contribution in [3.05, 3.63) is 60.2 Å². The molecule has 2 aromatic carbocycles. The van der Waals surface area contributed by atoms with Crippen LogP contribution >= 0.6 is 0 Å². The maximum Gasteiger partial charge on any atom is 0.344 e. The highest BCUT2D eigenvalue weighted by molar-refractivity contribution is 6.10. The molecule has 31 heavy (non-hydrogen) atoms. The Hall–Kier alpha value is -3.88. The Morgan fingerprint density at radius 3 is 2.55 bits per heavy atom. The number of anilines is 1. The van der Waals surface area contributed by atoms with Crippen molar-refractivity contribution in [2.24, 2.45) is 0 Å². The van der Waals surface area contributed by atoms with Gasteiger partial charge in [-0.15, -0.1) is 0 Å². The molecule has 9 nitrogen and oxygen atoms in total. The van der Waals surface area contributed by atoms with Crippen molar-refractivity contribution in [1.82, 2.24) is 10.2 Å². The fraction of sp³-hybridized carbons (Fsp3) is 0.273. The third-order valence-electron chi connectivity index (χ3n) is 4.71. The number of hydrogen-bond donors (Lipinski definition) is 2. The first-order chi connectivity index (χ1) is 14.8. The number of urea groups is 1. The molecule has 9 heteroatoms. The maximum absolute atomic E-state index is 12.9. The van der Waals surface area contributed by atoms with Gasteiger partial charge in [-0.2, -0.15) is 0 Å². The van der Waals surface area contributed by atoms with Crippen molar-refractivity contribution in [2.45, 2.75) is 19.4 Å². The lowest BCUT2D eigenvalue weighted by Crippen LogP contribution is -2.42. The van der Waals surface area contributed by atoms with Crippen molar-refractivity contribution in [3.8, 4) is 5.75 Å². The first-order valence-corrected chi connectivity index (χ1v) is 9.71. The zero-order valence-electron chi connectivity index (χ0n) is 17.2. The van der Waals surface area contributed by atoms with Gasteiger partial charge in [-0.1, -0.05) is 36.4 Å². The molecular weight excluding hydrogens is 402 g/mol. The van der Waals surface area contributed by atoms with E-state index in [9.17, 15) is 19.2 Å². The SMILES string of the molecule is CCOC(=O)COc1cccc(NC(=O)CN2C(=O)NC(C)(c3ccccc3)C2=O)c1. The fourth-order valence-electron chi connectivity index (χ4n) is 3.16. The number of esters is 1. The van der Waals surface area contributed by atoms with E-state index in [1.54, 1.807) is 56.3 Å². The molecule has 1 fully saturated rings. The number of ether oxygens (including phenoxy) is 2. The summed E-state index contributed by atoms with van der Waals surface area (Å²) in [4.78, 5) is 50.0. The van der Waals surface area contributed by atoms with Crippen LogP contribution < -0.4 is 15.4 Å². The van der Waals surface area contributed by atoms with Crippen LogP contribution in [0.1, 0.15) is 19.4 Å². The molecule has 0 bridgehead atoms. The molecule has 1 unspecified atom stereocenters. The minimum atomic E-state index is -1.24. The molecule has 1 aliphatic heterocycles. The van der Waals surface area contributed by atoms with E-state index in [2.05, 4.69) is 10.6 Å². The Labute approximate surface area is 179 Å². The number of carbonyl (C=O) groups is 4. The summed E-state index contributed by atoms with van der Waals surface area (Å²) in [6.45, 7) is 2.85. The molecule has 3 rings (SSSR count). The summed E-state index contributed by atoms with van der Waals surface area (Å²) >= 11 is 0. The lowest BCUT2D eigenvalue weighted by molar-refractivity contribution is -0.145. The monoisotopic (exact) mass is 425 g/mol. The van der Waals surface area contributed by atoms with Crippen LogP contribution in [0, 0.1) is 0 Å². The minimum Gasteiger partial charge on any atom is -0.482 e. The summed E-state index contributed by atoms with van der Waals surface area (Å²) in [5, 5.41) is 5.28. The highest BCUT2D eigenvalue weighted by Gasteiger charge is 2.49. The Bertz CT molecular complexity index is 994. The van der Waals surface area contributed by atoms with Crippen molar-refractivity contribution in [2.75, 3.05) is 25.1 Å². The van der Waals surface area contributed by atoms with Gasteiger partial charge in [0.2, 0.25) is 5.91 Å². The Balaban J connectivity index is 1.62. The smallest absolute Gasteiger partial charge is 0.344 e. The Morgan fingerprint density at radius 1 is 1.10 bits per heavy atom. The van der Waals surface area contributed by atoms with Crippen molar-refractivity contribution in [3.63, 3.8) is 0 Å². The van der Waals surface area contributed by atoms with Crippen LogP contribution in [0.25, 0.3) is 0 Å². The van der Waals surface area contributed by atoms with E-state index in [0.29, 0.717) is 17.0 Å². The number of hydrogen-bond acceptors (Lipinski definition) is 6. The molecule has 1 atom stereocenters. The number of imide groups is 1. The van der Waals surface area contributed by atoms with E-state index >= 15 is 0 Å². The van der Waals surface area contributed by atoms with Crippen molar-refractivity contribution >= 4 is 29.5 Å². The number of rotatable bonds is 8. The van der Waals surface area contributed by atoms with Gasteiger partial charge >= 0.3 is 12.0 Å². The molecule has 4 amide bonds. The van der Waals surface area contributed by atoms with Gasteiger partial charge in [-0.3, -0.25) is 14.5 Å². The average molecular weight is 425 g/mol. The summed E-state index contributed by atoms with van der Waals surface area (Å²) < 4.78 is 10.1. The average Bonchev–Trinajstić information content (AvgIpc) is 2.97. The van der Waals surface area contributed by atoms with E-state index in [0.717, 1.165) is 4.90 Å². The van der Waals surface area contributed by atoms with Gasteiger partial charge in [0.25, 0.3) is 5.91 Å². The van der Waals surface area contributed by atoms with Gasteiger partial charge in [0.05, 0.1) is 6.61 Å². The van der Waals surface area contributed by atoms with Gasteiger partial charge in [0, 0.05) is 11.8 Å². The summed E-state index contributed by atoms with van der Waals surface area (Å²) in [7, 11) is 0. The summed E-state index contributed by atoms with van der Waals surface area (Å²) in [5.41, 5.74) is -0.216. The largest absolute Gasteiger partial charge is 0.482 e. The molecule has 0 aromatic heterocycles. The summed E-state index contributed by atoms with van der Waals surface area (Å²) in [6, 6.07) is 14.6. The molecule has 1 heterocycles. The van der Waals surface area contributed by atoms with Gasteiger partial charge in [0.1, 0.15) is 17.8 Å². The van der Waals surface area contributed by atoms with Crippen LogP contribution in [-0.2, 0) is 24.7 Å². The second-order valence-electron chi connectivity index (χ2n) is 6.98. The number of amides is 4. The molecule has 1 saturated heterocycles. The first-order valence-electron chi connectivity index (χ1n) is 9.71. The molecule has 1 aliphatic rings. The topological polar surface area (TPSA) is 114 Å². The maximum atomic E-state index is 12.9. The van der Waals surface area contributed by atoms with Crippen LogP contribution in [0.3, 0.4) is 0 Å². The lowest BCUT2D eigenvalue weighted by atomic mass is 9.92. The van der Waals surface area contributed by atoms with Crippen LogP contribution in [-0.4, -0.2) is 48.5 Å². The van der Waals surface area contributed by atoms with Crippen LogP contribution in [0.15, 0.2) is 54.6 Å². The summed E-state index contributed by atoms with van der Waals surface area (Å²) in [6.07, 6.45) is 0. The molecule has 162 valence electrons. The minimum absolute atomic E-state index is 0.254. The standard InChI is InChI=1S/C22H23N3O6/c1-3-30-19(27)14-31-17-11-7-10-16(12-17)23-18(26)13-25-20(28)22(2,24-21(25)29)15-8-5-4-6-9-15/h4-12H,3,13-14H2,1-2H3,(H,23,26)(H,24,29). The Kier molecular flexibility index (Phi) is 6.54.